The molecule has 50 valence electrons. The van der Waals surface area contributed by atoms with Crippen LogP contribution in [-0.2, 0) is 0 Å². The molecular weight excluding hydrogens is 100 g/mol. The summed E-state index contributed by atoms with van der Waals surface area (Å²) in [5, 5.41) is 3.17. The monoisotopic (exact) mass is 116 g/mol. The number of nitrogens with one attached hydrogen (secondary N) is 1. The van der Waals surface area contributed by atoms with E-state index < -0.39 is 0 Å². The van der Waals surface area contributed by atoms with E-state index in [1.54, 1.807) is 0 Å². The summed E-state index contributed by atoms with van der Waals surface area (Å²) in [6.07, 6.45) is 1.27. The Labute approximate surface area is 51.5 Å². The van der Waals surface area contributed by atoms with Gasteiger partial charge in [0, 0.05) is 6.04 Å². The first-order valence-electron chi connectivity index (χ1n) is 3.18. The lowest BCUT2D eigenvalue weighted by atomic mass is 10.2. The molecule has 0 heterocycles. The van der Waals surface area contributed by atoms with Gasteiger partial charge in [-0.05, 0) is 20.3 Å². The normalized spacial score (nSPS) is 18.0. The van der Waals surface area contributed by atoms with Crippen molar-refractivity contribution in [2.75, 3.05) is 0 Å². The Kier molecular flexibility index (Phi) is 3.83. The fraction of sp³-hybridized carbons (Fsp3) is 1.00. The Morgan fingerprint density at radius 2 is 2.00 bits per heavy atom. The molecule has 0 aliphatic heterocycles. The van der Waals surface area contributed by atoms with Crippen LogP contribution in [0.4, 0.5) is 0 Å². The van der Waals surface area contributed by atoms with Gasteiger partial charge in [0.15, 0.2) is 0 Å². The third kappa shape index (κ3) is 4.09. The van der Waals surface area contributed by atoms with Gasteiger partial charge in [-0.3, -0.25) is 5.32 Å². The highest BCUT2D eigenvalue weighted by Gasteiger charge is 1.97. The molecule has 0 saturated carbocycles. The predicted molar refractivity (Wildman–Crippen MR) is 36.5 cm³/mol. The lowest BCUT2D eigenvalue weighted by molar-refractivity contribution is 0.467. The molecule has 2 atom stereocenters. The van der Waals surface area contributed by atoms with Crippen LogP contribution in [0.1, 0.15) is 27.2 Å². The molecule has 2 unspecified atom stereocenters. The molecule has 0 amide bonds. The van der Waals surface area contributed by atoms with E-state index in [0.29, 0.717) is 6.04 Å². The summed E-state index contributed by atoms with van der Waals surface area (Å²) in [6.45, 7) is 6.22. The second-order valence-electron chi connectivity index (χ2n) is 2.26. The lowest BCUT2D eigenvalue weighted by Crippen LogP contribution is -2.39. The van der Waals surface area contributed by atoms with Gasteiger partial charge in [0.1, 0.15) is 0 Å². The van der Waals surface area contributed by atoms with Crippen LogP contribution in [0.5, 0.6) is 0 Å². The minimum Gasteiger partial charge on any atom is -0.316 e. The van der Waals surface area contributed by atoms with E-state index in [1.165, 1.54) is 0 Å². The molecule has 0 aliphatic rings. The standard InChI is InChI=1S/C6H16N2/c1-4-5(2)8-6(3)7/h5-6,8H,4,7H2,1-3H3. The molecule has 0 aromatic rings. The quantitative estimate of drug-likeness (QED) is 0.532. The van der Waals surface area contributed by atoms with Crippen molar-refractivity contribution >= 4 is 0 Å². The maximum absolute atomic E-state index is 5.46. The van der Waals surface area contributed by atoms with E-state index in [0.717, 1.165) is 6.42 Å². The van der Waals surface area contributed by atoms with Crippen LogP contribution in [-0.4, -0.2) is 12.2 Å². The number of hydrogen-bond acceptors (Lipinski definition) is 2. The Bertz CT molecular complexity index is 52.5. The highest BCUT2D eigenvalue weighted by Crippen LogP contribution is 1.86. The van der Waals surface area contributed by atoms with E-state index in [1.807, 2.05) is 6.92 Å². The molecule has 0 fully saturated rings. The smallest absolute Gasteiger partial charge is 0.0519 e. The van der Waals surface area contributed by atoms with Crippen LogP contribution in [0.25, 0.3) is 0 Å². The topological polar surface area (TPSA) is 38.0 Å². The van der Waals surface area contributed by atoms with Crippen LogP contribution in [0.3, 0.4) is 0 Å². The first-order chi connectivity index (χ1) is 3.66. The Morgan fingerprint density at radius 1 is 1.50 bits per heavy atom. The van der Waals surface area contributed by atoms with Gasteiger partial charge in [-0.2, -0.15) is 0 Å². The van der Waals surface area contributed by atoms with Crippen LogP contribution >= 0.6 is 0 Å². The number of rotatable bonds is 3. The highest BCUT2D eigenvalue weighted by atomic mass is 15.0. The molecule has 0 aliphatic carbocycles. The molecule has 0 aromatic heterocycles. The van der Waals surface area contributed by atoms with Crippen molar-refractivity contribution in [1.29, 1.82) is 0 Å². The summed E-state index contributed by atoms with van der Waals surface area (Å²) in [5.41, 5.74) is 5.46. The lowest BCUT2D eigenvalue weighted by Gasteiger charge is -2.13. The van der Waals surface area contributed by atoms with Crippen molar-refractivity contribution in [2.24, 2.45) is 5.73 Å². The summed E-state index contributed by atoms with van der Waals surface area (Å²) in [4.78, 5) is 0. The largest absolute Gasteiger partial charge is 0.316 e. The fourth-order valence-corrected chi connectivity index (χ4v) is 0.567. The minimum atomic E-state index is 0.130. The average molecular weight is 116 g/mol. The Balaban J connectivity index is 3.10. The van der Waals surface area contributed by atoms with E-state index in [2.05, 4.69) is 19.2 Å². The number of hydrogen-bond donors (Lipinski definition) is 2. The van der Waals surface area contributed by atoms with Gasteiger partial charge < -0.3 is 5.73 Å². The van der Waals surface area contributed by atoms with Crippen LogP contribution in [0, 0.1) is 0 Å². The van der Waals surface area contributed by atoms with Crippen molar-refractivity contribution in [3.05, 3.63) is 0 Å². The fourth-order valence-electron chi connectivity index (χ4n) is 0.567. The third-order valence-corrected chi connectivity index (χ3v) is 1.16. The SMILES string of the molecule is CCC(C)NC(C)N. The van der Waals surface area contributed by atoms with Gasteiger partial charge in [0.2, 0.25) is 0 Å². The predicted octanol–water partition coefficient (Wildman–Crippen LogP) is 0.679. The molecule has 0 aromatic carbocycles. The minimum absolute atomic E-state index is 0.130. The summed E-state index contributed by atoms with van der Waals surface area (Å²) in [6, 6.07) is 0.551. The zero-order valence-electron chi connectivity index (χ0n) is 5.94. The van der Waals surface area contributed by atoms with Crippen molar-refractivity contribution in [3.63, 3.8) is 0 Å². The molecule has 2 nitrogen and oxygen atoms in total. The average Bonchev–Trinajstić information content (AvgIpc) is 1.65. The molecule has 0 bridgehead atoms. The van der Waals surface area contributed by atoms with Crippen LogP contribution in [0.15, 0.2) is 0 Å². The first kappa shape index (κ1) is 7.92. The van der Waals surface area contributed by atoms with E-state index in [-0.39, 0.29) is 6.17 Å². The van der Waals surface area contributed by atoms with Crippen molar-refractivity contribution in [2.45, 2.75) is 39.4 Å². The van der Waals surface area contributed by atoms with Crippen molar-refractivity contribution < 1.29 is 0 Å². The van der Waals surface area contributed by atoms with Gasteiger partial charge >= 0.3 is 0 Å². The molecular formula is C6H16N2. The maximum Gasteiger partial charge on any atom is 0.0519 e. The molecule has 0 radical (unpaired) electrons. The van der Waals surface area contributed by atoms with Crippen molar-refractivity contribution in [3.8, 4) is 0 Å². The molecule has 0 rings (SSSR count). The summed E-state index contributed by atoms with van der Waals surface area (Å²) >= 11 is 0. The number of nitrogens with two attached hydrogens (primary N) is 1. The maximum atomic E-state index is 5.46. The van der Waals surface area contributed by atoms with E-state index in [9.17, 15) is 0 Å². The van der Waals surface area contributed by atoms with Gasteiger partial charge in [-0.1, -0.05) is 6.92 Å². The van der Waals surface area contributed by atoms with Crippen LogP contribution < -0.4 is 11.1 Å². The third-order valence-electron chi connectivity index (χ3n) is 1.16. The second-order valence-corrected chi connectivity index (χ2v) is 2.26. The molecule has 0 spiro atoms. The first-order valence-corrected chi connectivity index (χ1v) is 3.18. The summed E-state index contributed by atoms with van der Waals surface area (Å²) in [7, 11) is 0. The molecule has 0 saturated heterocycles. The Morgan fingerprint density at radius 3 is 2.12 bits per heavy atom. The molecule has 2 heteroatoms. The summed E-state index contributed by atoms with van der Waals surface area (Å²) < 4.78 is 0. The van der Waals surface area contributed by atoms with Crippen LogP contribution in [0.2, 0.25) is 0 Å². The van der Waals surface area contributed by atoms with Gasteiger partial charge in [-0.15, -0.1) is 0 Å². The summed E-state index contributed by atoms with van der Waals surface area (Å²) in [5.74, 6) is 0. The highest BCUT2D eigenvalue weighted by molar-refractivity contribution is 4.59. The van der Waals surface area contributed by atoms with E-state index in [4.69, 9.17) is 5.73 Å². The van der Waals surface area contributed by atoms with Gasteiger partial charge in [0.05, 0.1) is 6.17 Å². The zero-order valence-corrected chi connectivity index (χ0v) is 5.94. The Hall–Kier alpha value is -0.0800. The second kappa shape index (κ2) is 3.87. The van der Waals surface area contributed by atoms with Crippen molar-refractivity contribution in [1.82, 2.24) is 5.32 Å². The molecule has 3 N–H and O–H groups in total. The van der Waals surface area contributed by atoms with E-state index >= 15 is 0 Å². The van der Waals surface area contributed by atoms with Gasteiger partial charge in [0.25, 0.3) is 0 Å². The van der Waals surface area contributed by atoms with Gasteiger partial charge in [-0.25, -0.2) is 0 Å². The molecule has 8 heavy (non-hydrogen) atoms. The zero-order chi connectivity index (χ0) is 6.57.